The third-order valence-electron chi connectivity index (χ3n) is 5.50. The van der Waals surface area contributed by atoms with Crippen molar-refractivity contribution in [2.24, 2.45) is 0 Å². The number of ether oxygens (including phenoxy) is 3. The molecule has 3 rings (SSSR count). The lowest BCUT2D eigenvalue weighted by molar-refractivity contribution is -0.00747. The Labute approximate surface area is 213 Å². The molecule has 0 amide bonds. The van der Waals surface area contributed by atoms with Gasteiger partial charge in [0, 0.05) is 7.11 Å². The molecule has 3 heteroatoms. The van der Waals surface area contributed by atoms with Crippen LogP contribution in [-0.4, -0.2) is 33.0 Å². The van der Waals surface area contributed by atoms with Gasteiger partial charge < -0.3 is 14.2 Å². The first kappa shape index (κ1) is 30.2. The predicted molar refractivity (Wildman–Crippen MR) is 149 cm³/mol. The van der Waals surface area contributed by atoms with E-state index in [1.54, 1.807) is 13.2 Å². The molecule has 190 valence electrons. The summed E-state index contributed by atoms with van der Waals surface area (Å²) in [4.78, 5) is 0. The molecule has 0 aromatic heterocycles. The van der Waals surface area contributed by atoms with Gasteiger partial charge in [-0.1, -0.05) is 113 Å². The lowest BCUT2D eigenvalue weighted by Crippen LogP contribution is -2.26. The van der Waals surface area contributed by atoms with Gasteiger partial charge in [0.25, 0.3) is 0 Å². The zero-order valence-electron chi connectivity index (χ0n) is 22.2. The van der Waals surface area contributed by atoms with Gasteiger partial charge in [0.1, 0.15) is 18.5 Å². The molecule has 3 unspecified atom stereocenters. The molecule has 0 radical (unpaired) electrons. The fraction of sp³-hybridized carbons (Fsp3) is 0.375. The molecule has 35 heavy (non-hydrogen) atoms. The SMILES string of the molecule is C=CCOCC(COc1ccccc1)OC.CC.CC(CC(C)c1ccccc1)c1ccccc1. The number of methoxy groups -OCH3 is 1. The molecule has 0 aliphatic heterocycles. The monoisotopic (exact) mass is 476 g/mol. The van der Waals surface area contributed by atoms with Crippen LogP contribution in [0.4, 0.5) is 0 Å². The predicted octanol–water partition coefficient (Wildman–Crippen LogP) is 8.29. The minimum atomic E-state index is -0.0554. The number of para-hydroxylation sites is 1. The maximum absolute atomic E-state index is 5.56. The Morgan fingerprint density at radius 2 is 1.17 bits per heavy atom. The van der Waals surface area contributed by atoms with Gasteiger partial charge in [-0.3, -0.25) is 0 Å². The van der Waals surface area contributed by atoms with Gasteiger partial charge >= 0.3 is 0 Å². The lowest BCUT2D eigenvalue weighted by atomic mass is 9.87. The molecule has 3 nitrogen and oxygen atoms in total. The Hall–Kier alpha value is -2.88. The van der Waals surface area contributed by atoms with Crippen molar-refractivity contribution in [3.8, 4) is 5.75 Å². The zero-order chi connectivity index (χ0) is 25.7. The fourth-order valence-corrected chi connectivity index (χ4v) is 3.54. The molecule has 0 fully saturated rings. The Bertz CT molecular complexity index is 822. The van der Waals surface area contributed by atoms with Crippen LogP contribution in [-0.2, 0) is 9.47 Å². The minimum Gasteiger partial charge on any atom is -0.491 e. The summed E-state index contributed by atoms with van der Waals surface area (Å²) in [6, 6.07) is 31.2. The third-order valence-corrected chi connectivity index (χ3v) is 5.50. The Morgan fingerprint density at radius 3 is 1.60 bits per heavy atom. The second kappa shape index (κ2) is 19.4. The van der Waals surface area contributed by atoms with Crippen molar-refractivity contribution in [1.29, 1.82) is 0 Å². The topological polar surface area (TPSA) is 27.7 Å². The van der Waals surface area contributed by atoms with Crippen LogP contribution in [0, 0.1) is 0 Å². The highest BCUT2D eigenvalue weighted by atomic mass is 16.6. The van der Waals surface area contributed by atoms with Crippen molar-refractivity contribution in [3.05, 3.63) is 115 Å². The van der Waals surface area contributed by atoms with E-state index >= 15 is 0 Å². The van der Waals surface area contributed by atoms with Crippen molar-refractivity contribution in [3.63, 3.8) is 0 Å². The van der Waals surface area contributed by atoms with Gasteiger partial charge in [-0.15, -0.1) is 6.58 Å². The van der Waals surface area contributed by atoms with Crippen molar-refractivity contribution in [2.45, 2.75) is 52.1 Å². The minimum absolute atomic E-state index is 0.0554. The van der Waals surface area contributed by atoms with Crippen LogP contribution in [0.1, 0.15) is 57.1 Å². The number of benzene rings is 3. The van der Waals surface area contributed by atoms with E-state index in [2.05, 4.69) is 81.1 Å². The Morgan fingerprint density at radius 1 is 0.714 bits per heavy atom. The van der Waals surface area contributed by atoms with Crippen LogP contribution in [0.3, 0.4) is 0 Å². The van der Waals surface area contributed by atoms with Gasteiger partial charge in [0.15, 0.2) is 0 Å². The summed E-state index contributed by atoms with van der Waals surface area (Å²) in [7, 11) is 1.65. The van der Waals surface area contributed by atoms with E-state index < -0.39 is 0 Å². The molecule has 0 N–H and O–H groups in total. The van der Waals surface area contributed by atoms with Crippen LogP contribution in [0.15, 0.2) is 104 Å². The first-order valence-electron chi connectivity index (χ1n) is 12.6. The van der Waals surface area contributed by atoms with Crippen molar-refractivity contribution >= 4 is 0 Å². The van der Waals surface area contributed by atoms with Crippen LogP contribution < -0.4 is 4.74 Å². The van der Waals surface area contributed by atoms with Gasteiger partial charge in [0.05, 0.1) is 13.2 Å². The molecular formula is C32H44O3. The van der Waals surface area contributed by atoms with E-state index in [0.717, 1.165) is 5.75 Å². The summed E-state index contributed by atoms with van der Waals surface area (Å²) in [6.07, 6.45) is 2.86. The van der Waals surface area contributed by atoms with Gasteiger partial charge in [-0.2, -0.15) is 0 Å². The van der Waals surface area contributed by atoms with Gasteiger partial charge in [-0.25, -0.2) is 0 Å². The molecule has 0 aliphatic rings. The van der Waals surface area contributed by atoms with Crippen molar-refractivity contribution < 1.29 is 14.2 Å². The first-order chi connectivity index (χ1) is 17.1. The maximum atomic E-state index is 5.56. The fourth-order valence-electron chi connectivity index (χ4n) is 3.54. The summed E-state index contributed by atoms with van der Waals surface area (Å²) in [5.74, 6) is 2.08. The van der Waals surface area contributed by atoms with Crippen LogP contribution in [0.2, 0.25) is 0 Å². The molecule has 0 saturated heterocycles. The molecule has 3 aromatic rings. The normalized spacial score (nSPS) is 12.6. The van der Waals surface area contributed by atoms with Crippen LogP contribution in [0.25, 0.3) is 0 Å². The summed E-state index contributed by atoms with van der Waals surface area (Å²) in [5, 5.41) is 0. The zero-order valence-corrected chi connectivity index (χ0v) is 22.2. The quantitative estimate of drug-likeness (QED) is 0.194. The molecule has 3 aromatic carbocycles. The highest BCUT2D eigenvalue weighted by molar-refractivity contribution is 5.23. The number of rotatable bonds is 12. The number of hydrogen-bond donors (Lipinski definition) is 0. The van der Waals surface area contributed by atoms with Crippen molar-refractivity contribution in [2.75, 3.05) is 26.9 Å². The average molecular weight is 477 g/mol. The molecule has 0 bridgehead atoms. The average Bonchev–Trinajstić information content (AvgIpc) is 2.93. The van der Waals surface area contributed by atoms with Gasteiger partial charge in [0.2, 0.25) is 0 Å². The molecular weight excluding hydrogens is 432 g/mol. The number of hydrogen-bond acceptors (Lipinski definition) is 3. The second-order valence-electron chi connectivity index (χ2n) is 8.17. The Balaban J connectivity index is 0.000000328. The smallest absolute Gasteiger partial charge is 0.119 e. The van der Waals surface area contributed by atoms with Crippen LogP contribution >= 0.6 is 0 Å². The highest BCUT2D eigenvalue weighted by Gasteiger charge is 2.11. The highest BCUT2D eigenvalue weighted by Crippen LogP contribution is 2.28. The van der Waals surface area contributed by atoms with E-state index in [0.29, 0.717) is 31.7 Å². The largest absolute Gasteiger partial charge is 0.491 e. The molecule has 3 atom stereocenters. The summed E-state index contributed by atoms with van der Waals surface area (Å²) in [6.45, 7) is 13.7. The molecule has 0 aliphatic carbocycles. The standard InChI is InChI=1S/C17H20.C13H18O3.C2H6/c1-14(16-9-5-3-6-10-16)13-15(2)17-11-7-4-8-12-17;1-3-9-15-10-13(14-2)11-16-12-7-5-4-6-8-12;1-2/h3-12,14-15H,13H2,1-2H3;3-8,13H,1,9-11H2,2H3;1-2H3. The third kappa shape index (κ3) is 13.0. The lowest BCUT2D eigenvalue weighted by Gasteiger charge is -2.18. The van der Waals surface area contributed by atoms with E-state index in [-0.39, 0.29) is 6.10 Å². The van der Waals surface area contributed by atoms with E-state index in [1.165, 1.54) is 17.5 Å². The Kier molecular flexibility index (Phi) is 16.7. The molecule has 0 saturated carbocycles. The second-order valence-corrected chi connectivity index (χ2v) is 8.17. The van der Waals surface area contributed by atoms with E-state index in [9.17, 15) is 0 Å². The molecule has 0 heterocycles. The maximum Gasteiger partial charge on any atom is 0.119 e. The summed E-state index contributed by atoms with van der Waals surface area (Å²) < 4.78 is 16.1. The van der Waals surface area contributed by atoms with Crippen LogP contribution in [0.5, 0.6) is 5.75 Å². The van der Waals surface area contributed by atoms with E-state index in [4.69, 9.17) is 14.2 Å². The summed E-state index contributed by atoms with van der Waals surface area (Å²) >= 11 is 0. The van der Waals surface area contributed by atoms with Gasteiger partial charge in [-0.05, 0) is 41.5 Å². The van der Waals surface area contributed by atoms with E-state index in [1.807, 2.05) is 44.2 Å². The molecule has 0 spiro atoms. The van der Waals surface area contributed by atoms with Crippen molar-refractivity contribution in [1.82, 2.24) is 0 Å². The first-order valence-corrected chi connectivity index (χ1v) is 12.6. The summed E-state index contributed by atoms with van der Waals surface area (Å²) in [5.41, 5.74) is 2.88.